The van der Waals surface area contributed by atoms with E-state index in [4.69, 9.17) is 11.6 Å². The molecule has 0 radical (unpaired) electrons. The van der Waals surface area contributed by atoms with E-state index in [1.165, 1.54) is 0 Å². The fourth-order valence-electron chi connectivity index (χ4n) is 1.68. The van der Waals surface area contributed by atoms with Crippen molar-refractivity contribution in [3.63, 3.8) is 0 Å². The third kappa shape index (κ3) is 3.67. The molecule has 124 valence electrons. The number of halogens is 5. The van der Waals surface area contributed by atoms with Crippen molar-refractivity contribution in [3.05, 3.63) is 52.8 Å². The van der Waals surface area contributed by atoms with E-state index in [1.807, 2.05) is 0 Å². The predicted molar refractivity (Wildman–Crippen MR) is 75.3 cm³/mol. The third-order valence-corrected chi connectivity index (χ3v) is 4.62. The molecule has 0 aliphatic heterocycles. The average molecular weight is 370 g/mol. The van der Waals surface area contributed by atoms with E-state index >= 15 is 0 Å². The molecule has 0 bridgehead atoms. The smallest absolute Gasteiger partial charge is 0.416 e. The summed E-state index contributed by atoms with van der Waals surface area (Å²) in [5, 5.41) is 8.72. The van der Waals surface area contributed by atoms with Gasteiger partial charge in [0.25, 0.3) is 10.0 Å². The van der Waals surface area contributed by atoms with Crippen molar-refractivity contribution in [1.29, 1.82) is 0 Å². The Hall–Kier alpha value is -2.00. The zero-order chi connectivity index (χ0) is 17.4. The van der Waals surface area contributed by atoms with E-state index in [-0.39, 0.29) is 0 Å². The fraction of sp³-hybridized carbons (Fsp3) is 0.0769. The quantitative estimate of drug-likeness (QED) is 0.803. The second kappa shape index (κ2) is 5.89. The van der Waals surface area contributed by atoms with Gasteiger partial charge in [-0.05, 0) is 30.3 Å². The van der Waals surface area contributed by atoms with E-state index in [0.717, 1.165) is 24.3 Å². The van der Waals surface area contributed by atoms with Crippen LogP contribution in [-0.2, 0) is 16.2 Å². The highest BCUT2D eigenvalue weighted by atomic mass is 35.5. The normalized spacial score (nSPS) is 12.2. The van der Waals surface area contributed by atoms with Crippen molar-refractivity contribution in [2.45, 2.75) is 11.1 Å². The van der Waals surface area contributed by atoms with E-state index in [0.29, 0.717) is 12.1 Å². The SMILES string of the molecule is O=S(=O)(Nc1cccc(O)c1F)c1cc(C(F)(F)F)ccc1Cl. The molecule has 2 rings (SSSR count). The van der Waals surface area contributed by atoms with Crippen LogP contribution in [0.3, 0.4) is 0 Å². The number of sulfonamides is 1. The molecule has 2 aromatic rings. The van der Waals surface area contributed by atoms with Gasteiger partial charge in [0.05, 0.1) is 16.3 Å². The molecule has 2 aromatic carbocycles. The Kier molecular flexibility index (Phi) is 4.45. The number of alkyl halides is 3. The average Bonchev–Trinajstić information content (AvgIpc) is 2.42. The summed E-state index contributed by atoms with van der Waals surface area (Å²) in [5.74, 6) is -2.08. The lowest BCUT2D eigenvalue weighted by molar-refractivity contribution is -0.137. The van der Waals surface area contributed by atoms with Crippen molar-refractivity contribution in [2.24, 2.45) is 0 Å². The summed E-state index contributed by atoms with van der Waals surface area (Å²) in [5.41, 5.74) is -1.85. The van der Waals surface area contributed by atoms with Crippen LogP contribution in [0.5, 0.6) is 5.75 Å². The lowest BCUT2D eigenvalue weighted by Gasteiger charge is -2.13. The van der Waals surface area contributed by atoms with Crippen LogP contribution in [0.25, 0.3) is 0 Å². The van der Waals surface area contributed by atoms with Crippen molar-refractivity contribution in [3.8, 4) is 5.75 Å². The van der Waals surface area contributed by atoms with Gasteiger partial charge in [-0.15, -0.1) is 0 Å². The monoisotopic (exact) mass is 369 g/mol. The molecule has 0 aliphatic rings. The summed E-state index contributed by atoms with van der Waals surface area (Å²) in [4.78, 5) is -0.864. The number of rotatable bonds is 3. The van der Waals surface area contributed by atoms with Gasteiger partial charge < -0.3 is 5.11 Å². The summed E-state index contributed by atoms with van der Waals surface area (Å²) >= 11 is 5.64. The first-order valence-electron chi connectivity index (χ1n) is 5.89. The molecule has 2 N–H and O–H groups in total. The lowest BCUT2D eigenvalue weighted by atomic mass is 10.2. The first kappa shape index (κ1) is 17.4. The third-order valence-electron chi connectivity index (χ3n) is 2.77. The van der Waals surface area contributed by atoms with Gasteiger partial charge in [-0.3, -0.25) is 4.72 Å². The highest BCUT2D eigenvalue weighted by molar-refractivity contribution is 7.92. The molecular weight excluding hydrogens is 362 g/mol. The van der Waals surface area contributed by atoms with Gasteiger partial charge >= 0.3 is 6.18 Å². The number of hydrogen-bond donors (Lipinski definition) is 2. The van der Waals surface area contributed by atoms with Gasteiger partial charge in [0.1, 0.15) is 4.90 Å². The molecule has 0 spiro atoms. The maximum absolute atomic E-state index is 13.6. The Morgan fingerprint density at radius 3 is 2.39 bits per heavy atom. The minimum absolute atomic E-state index is 0.339. The largest absolute Gasteiger partial charge is 0.505 e. The number of phenolic OH excluding ortho intramolecular Hbond substituents is 1. The summed E-state index contributed by atoms with van der Waals surface area (Å²) in [6, 6.07) is 4.86. The van der Waals surface area contributed by atoms with Crippen molar-refractivity contribution in [1.82, 2.24) is 0 Å². The minimum atomic E-state index is -4.77. The van der Waals surface area contributed by atoms with Crippen LogP contribution in [0.2, 0.25) is 5.02 Å². The molecule has 23 heavy (non-hydrogen) atoms. The highest BCUT2D eigenvalue weighted by Gasteiger charge is 2.33. The summed E-state index contributed by atoms with van der Waals surface area (Å²) < 4.78 is 77.7. The topological polar surface area (TPSA) is 66.4 Å². The van der Waals surface area contributed by atoms with Crippen LogP contribution >= 0.6 is 11.6 Å². The van der Waals surface area contributed by atoms with Gasteiger partial charge in [-0.2, -0.15) is 13.2 Å². The molecule has 0 amide bonds. The molecule has 0 atom stereocenters. The van der Waals surface area contributed by atoms with Crippen LogP contribution in [0.15, 0.2) is 41.3 Å². The molecular formula is C13H8ClF4NO3S. The Balaban J connectivity index is 2.50. The Morgan fingerprint density at radius 1 is 1.13 bits per heavy atom. The standard InChI is InChI=1S/C13H8ClF4NO3S/c14-8-5-4-7(13(16,17)18)6-11(8)23(21,22)19-9-2-1-3-10(20)12(9)15/h1-6,19-20H. The van der Waals surface area contributed by atoms with Gasteiger partial charge in [0.2, 0.25) is 0 Å². The fourth-order valence-corrected chi connectivity index (χ4v) is 3.27. The predicted octanol–water partition coefficient (Wildman–Crippen LogP) is 4.00. The molecule has 0 aliphatic carbocycles. The molecule has 0 aromatic heterocycles. The van der Waals surface area contributed by atoms with Crippen molar-refractivity contribution in [2.75, 3.05) is 4.72 Å². The lowest BCUT2D eigenvalue weighted by Crippen LogP contribution is -2.16. The van der Waals surface area contributed by atoms with Crippen LogP contribution < -0.4 is 4.72 Å². The maximum Gasteiger partial charge on any atom is 0.416 e. The molecule has 10 heteroatoms. The van der Waals surface area contributed by atoms with Gasteiger partial charge in [0, 0.05) is 0 Å². The first-order valence-corrected chi connectivity index (χ1v) is 7.75. The maximum atomic E-state index is 13.6. The number of benzene rings is 2. The van der Waals surface area contributed by atoms with E-state index in [1.54, 1.807) is 4.72 Å². The number of anilines is 1. The van der Waals surface area contributed by atoms with Crippen LogP contribution in [-0.4, -0.2) is 13.5 Å². The number of nitrogens with one attached hydrogen (secondary N) is 1. The Bertz CT molecular complexity index is 853. The van der Waals surface area contributed by atoms with Crippen LogP contribution in [0, 0.1) is 5.82 Å². The summed E-state index contributed by atoms with van der Waals surface area (Å²) in [6.07, 6.45) is -4.77. The van der Waals surface area contributed by atoms with Gasteiger partial charge in [-0.25, -0.2) is 12.8 Å². The molecule has 4 nitrogen and oxygen atoms in total. The first-order chi connectivity index (χ1) is 10.5. The molecule has 0 heterocycles. The highest BCUT2D eigenvalue weighted by Crippen LogP contribution is 2.34. The van der Waals surface area contributed by atoms with Crippen molar-refractivity contribution < 1.29 is 31.1 Å². The molecule has 0 saturated heterocycles. The van der Waals surface area contributed by atoms with E-state index in [2.05, 4.69) is 0 Å². The van der Waals surface area contributed by atoms with Crippen LogP contribution in [0.4, 0.5) is 23.2 Å². The summed E-state index contributed by atoms with van der Waals surface area (Å²) in [7, 11) is -4.60. The van der Waals surface area contributed by atoms with E-state index < -0.39 is 48.9 Å². The number of phenols is 1. The zero-order valence-corrected chi connectivity index (χ0v) is 12.6. The molecule has 0 fully saturated rings. The second-order valence-corrected chi connectivity index (χ2v) is 6.45. The number of aromatic hydroxyl groups is 1. The molecule has 0 saturated carbocycles. The Labute approximate surface area is 133 Å². The zero-order valence-electron chi connectivity index (χ0n) is 11.0. The van der Waals surface area contributed by atoms with Crippen molar-refractivity contribution >= 4 is 27.3 Å². The van der Waals surface area contributed by atoms with Gasteiger partial charge in [0.15, 0.2) is 11.6 Å². The van der Waals surface area contributed by atoms with E-state index in [9.17, 15) is 31.1 Å². The van der Waals surface area contributed by atoms with Crippen LogP contribution in [0.1, 0.15) is 5.56 Å². The second-order valence-electron chi connectivity index (χ2n) is 4.39. The summed E-state index contributed by atoms with van der Waals surface area (Å²) in [6.45, 7) is 0. The Morgan fingerprint density at radius 2 is 1.78 bits per heavy atom. The number of hydrogen-bond acceptors (Lipinski definition) is 3. The van der Waals surface area contributed by atoms with Gasteiger partial charge in [-0.1, -0.05) is 17.7 Å². The minimum Gasteiger partial charge on any atom is -0.505 e. The molecule has 0 unspecified atom stereocenters.